The lowest BCUT2D eigenvalue weighted by molar-refractivity contribution is 0.0767. The van der Waals surface area contributed by atoms with E-state index in [0.29, 0.717) is 35.9 Å². The van der Waals surface area contributed by atoms with E-state index in [1.165, 1.54) is 18.2 Å². The van der Waals surface area contributed by atoms with Gasteiger partial charge in [-0.3, -0.25) is 9.59 Å². The van der Waals surface area contributed by atoms with Crippen LogP contribution in [0.3, 0.4) is 0 Å². The van der Waals surface area contributed by atoms with Crippen LogP contribution in [0.4, 0.5) is 15.9 Å². The fraction of sp³-hybridized carbons (Fsp3) is 0.208. The lowest BCUT2D eigenvalue weighted by Crippen LogP contribution is -2.35. The predicted molar refractivity (Wildman–Crippen MR) is 123 cm³/mol. The number of anilines is 2. The van der Waals surface area contributed by atoms with Crippen LogP contribution in [0.25, 0.3) is 0 Å². The molecule has 2 heterocycles. The van der Waals surface area contributed by atoms with Crippen molar-refractivity contribution in [2.24, 2.45) is 0 Å². The Bertz CT molecular complexity index is 1120. The highest BCUT2D eigenvalue weighted by Crippen LogP contribution is 2.20. The van der Waals surface area contributed by atoms with E-state index >= 15 is 0 Å². The van der Waals surface area contributed by atoms with Crippen LogP contribution in [0.5, 0.6) is 0 Å². The van der Waals surface area contributed by atoms with E-state index in [0.717, 1.165) is 18.8 Å². The molecule has 32 heavy (non-hydrogen) atoms. The molecule has 0 bridgehead atoms. The average Bonchev–Trinajstić information content (AvgIpc) is 3.06. The summed E-state index contributed by atoms with van der Waals surface area (Å²) in [5.41, 5.74) is 1.28. The smallest absolute Gasteiger partial charge is 0.255 e. The van der Waals surface area contributed by atoms with Crippen molar-refractivity contribution in [1.82, 2.24) is 9.88 Å². The van der Waals surface area contributed by atoms with Gasteiger partial charge in [0, 0.05) is 31.7 Å². The fourth-order valence-corrected chi connectivity index (χ4v) is 3.85. The largest absolute Gasteiger partial charge is 0.355 e. The molecule has 3 aromatic rings. The standard InChI is InChI=1S/C24H22ClFN4O2/c25-21-8-2-1-7-20(21)24(32)30-12-4-11-29(13-14-30)22-10-9-19(16-27-22)28-23(31)17-5-3-6-18(26)15-17/h1-3,5-10,15-16H,4,11-14H2,(H,28,31). The van der Waals surface area contributed by atoms with Crippen LogP contribution < -0.4 is 10.2 Å². The van der Waals surface area contributed by atoms with Crippen molar-refractivity contribution < 1.29 is 14.0 Å². The van der Waals surface area contributed by atoms with Gasteiger partial charge in [0.2, 0.25) is 0 Å². The topological polar surface area (TPSA) is 65.5 Å². The number of carbonyl (C=O) groups is 2. The summed E-state index contributed by atoms with van der Waals surface area (Å²) < 4.78 is 13.3. The third-order valence-electron chi connectivity index (χ3n) is 5.30. The van der Waals surface area contributed by atoms with Crippen molar-refractivity contribution in [3.8, 4) is 0 Å². The molecule has 0 atom stereocenters. The quantitative estimate of drug-likeness (QED) is 0.634. The molecule has 6 nitrogen and oxygen atoms in total. The number of hydrogen-bond donors (Lipinski definition) is 1. The summed E-state index contributed by atoms with van der Waals surface area (Å²) in [5, 5.41) is 3.18. The Kier molecular flexibility index (Phi) is 6.66. The van der Waals surface area contributed by atoms with E-state index in [1.54, 1.807) is 36.5 Å². The summed E-state index contributed by atoms with van der Waals surface area (Å²) in [4.78, 5) is 33.5. The van der Waals surface area contributed by atoms with Crippen molar-refractivity contribution in [2.75, 3.05) is 36.4 Å². The number of amides is 2. The van der Waals surface area contributed by atoms with E-state index in [-0.39, 0.29) is 11.5 Å². The number of nitrogens with one attached hydrogen (secondary N) is 1. The molecule has 164 valence electrons. The molecule has 0 saturated carbocycles. The van der Waals surface area contributed by atoms with Gasteiger partial charge in [0.15, 0.2) is 0 Å². The van der Waals surface area contributed by atoms with Gasteiger partial charge >= 0.3 is 0 Å². The molecule has 4 rings (SSSR count). The van der Waals surface area contributed by atoms with Gasteiger partial charge in [-0.05, 0) is 48.9 Å². The molecule has 0 aliphatic carbocycles. The summed E-state index contributed by atoms with van der Waals surface area (Å²) in [6, 6.07) is 16.2. The van der Waals surface area contributed by atoms with Crippen molar-refractivity contribution in [3.63, 3.8) is 0 Å². The molecule has 1 aromatic heterocycles. The Morgan fingerprint density at radius 2 is 1.81 bits per heavy atom. The zero-order valence-corrected chi connectivity index (χ0v) is 18.1. The molecule has 0 radical (unpaired) electrons. The van der Waals surface area contributed by atoms with E-state index in [1.807, 2.05) is 17.0 Å². The second-order valence-electron chi connectivity index (χ2n) is 7.48. The Hall–Kier alpha value is -3.45. The summed E-state index contributed by atoms with van der Waals surface area (Å²) in [5.74, 6) is -0.168. The fourth-order valence-electron chi connectivity index (χ4n) is 3.63. The first-order valence-corrected chi connectivity index (χ1v) is 10.7. The van der Waals surface area contributed by atoms with E-state index in [9.17, 15) is 14.0 Å². The lowest BCUT2D eigenvalue weighted by Gasteiger charge is -2.23. The highest BCUT2D eigenvalue weighted by molar-refractivity contribution is 6.33. The number of benzene rings is 2. The second-order valence-corrected chi connectivity index (χ2v) is 7.89. The van der Waals surface area contributed by atoms with Crippen LogP contribution in [-0.4, -0.2) is 47.9 Å². The number of hydrogen-bond acceptors (Lipinski definition) is 4. The number of nitrogens with zero attached hydrogens (tertiary/aromatic N) is 3. The maximum absolute atomic E-state index is 13.3. The van der Waals surface area contributed by atoms with Gasteiger partial charge < -0.3 is 15.1 Å². The number of pyridine rings is 1. The maximum atomic E-state index is 13.3. The van der Waals surface area contributed by atoms with Gasteiger partial charge in [-0.2, -0.15) is 0 Å². The molecule has 1 N–H and O–H groups in total. The highest BCUT2D eigenvalue weighted by Gasteiger charge is 2.22. The zero-order valence-electron chi connectivity index (χ0n) is 17.3. The minimum Gasteiger partial charge on any atom is -0.355 e. The molecular weight excluding hydrogens is 431 g/mol. The molecule has 2 aromatic carbocycles. The third-order valence-corrected chi connectivity index (χ3v) is 5.63. The molecule has 8 heteroatoms. The van der Waals surface area contributed by atoms with Crippen molar-refractivity contribution >= 4 is 34.9 Å². The van der Waals surface area contributed by atoms with Gasteiger partial charge in [0.05, 0.1) is 22.5 Å². The Morgan fingerprint density at radius 3 is 2.56 bits per heavy atom. The van der Waals surface area contributed by atoms with E-state index < -0.39 is 11.7 Å². The number of rotatable bonds is 4. The van der Waals surface area contributed by atoms with Crippen LogP contribution in [0, 0.1) is 5.82 Å². The lowest BCUT2D eigenvalue weighted by atomic mass is 10.2. The highest BCUT2D eigenvalue weighted by atomic mass is 35.5. The van der Waals surface area contributed by atoms with Gasteiger partial charge in [0.25, 0.3) is 11.8 Å². The Morgan fingerprint density at radius 1 is 0.969 bits per heavy atom. The van der Waals surface area contributed by atoms with Gasteiger partial charge in [-0.25, -0.2) is 9.37 Å². The van der Waals surface area contributed by atoms with E-state index in [2.05, 4.69) is 15.2 Å². The molecule has 2 amide bonds. The molecular formula is C24H22ClFN4O2. The average molecular weight is 453 g/mol. The monoisotopic (exact) mass is 452 g/mol. The second kappa shape index (κ2) is 9.78. The normalized spacial score (nSPS) is 14.1. The maximum Gasteiger partial charge on any atom is 0.255 e. The van der Waals surface area contributed by atoms with Crippen LogP contribution >= 0.6 is 11.6 Å². The first kappa shape index (κ1) is 21.8. The first-order chi connectivity index (χ1) is 15.5. The summed E-state index contributed by atoms with van der Waals surface area (Å²) >= 11 is 6.18. The van der Waals surface area contributed by atoms with Crippen LogP contribution in [0.15, 0.2) is 66.9 Å². The van der Waals surface area contributed by atoms with E-state index in [4.69, 9.17) is 11.6 Å². The number of carbonyl (C=O) groups excluding carboxylic acids is 2. The molecule has 0 unspecified atom stereocenters. The van der Waals surface area contributed by atoms with Crippen molar-refractivity contribution in [1.29, 1.82) is 0 Å². The molecule has 1 aliphatic rings. The van der Waals surface area contributed by atoms with Gasteiger partial charge in [-0.1, -0.05) is 29.8 Å². The van der Waals surface area contributed by atoms with Gasteiger partial charge in [-0.15, -0.1) is 0 Å². The Labute approximate surface area is 190 Å². The summed E-state index contributed by atoms with van der Waals surface area (Å²) in [6.07, 6.45) is 2.38. The van der Waals surface area contributed by atoms with Crippen LogP contribution in [-0.2, 0) is 0 Å². The summed E-state index contributed by atoms with van der Waals surface area (Å²) in [6.45, 7) is 2.60. The Balaban J connectivity index is 1.38. The molecule has 1 aliphatic heterocycles. The minimum absolute atomic E-state index is 0.0687. The van der Waals surface area contributed by atoms with Crippen molar-refractivity contribution in [2.45, 2.75) is 6.42 Å². The molecule has 0 spiro atoms. The predicted octanol–water partition coefficient (Wildman–Crippen LogP) is 4.48. The third kappa shape index (κ3) is 5.06. The zero-order chi connectivity index (χ0) is 22.5. The van der Waals surface area contributed by atoms with Gasteiger partial charge in [0.1, 0.15) is 11.6 Å². The van der Waals surface area contributed by atoms with Crippen LogP contribution in [0.1, 0.15) is 27.1 Å². The van der Waals surface area contributed by atoms with Crippen LogP contribution in [0.2, 0.25) is 5.02 Å². The number of halogens is 2. The molecule has 1 saturated heterocycles. The molecule has 1 fully saturated rings. The SMILES string of the molecule is O=C(Nc1ccc(N2CCCN(C(=O)c3ccccc3Cl)CC2)nc1)c1cccc(F)c1. The minimum atomic E-state index is -0.464. The first-order valence-electron chi connectivity index (χ1n) is 10.3. The van der Waals surface area contributed by atoms with Crippen molar-refractivity contribution in [3.05, 3.63) is 88.8 Å². The number of aromatic nitrogens is 1. The summed E-state index contributed by atoms with van der Waals surface area (Å²) in [7, 11) is 0.